The lowest BCUT2D eigenvalue weighted by Crippen LogP contribution is -2.55. The molecule has 0 spiro atoms. The summed E-state index contributed by atoms with van der Waals surface area (Å²) in [6, 6.07) is -2.05. The van der Waals surface area contributed by atoms with E-state index in [1.165, 1.54) is 0 Å². The average molecular weight is 331 g/mol. The van der Waals surface area contributed by atoms with E-state index in [4.69, 9.17) is 0 Å². The molecule has 122 valence electrons. The fourth-order valence-corrected chi connectivity index (χ4v) is 1.31. The number of benzene rings is 1. The summed E-state index contributed by atoms with van der Waals surface area (Å²) >= 11 is 0. The minimum absolute atomic E-state index is 0.216. The maximum atomic E-state index is 12.2. The zero-order valence-corrected chi connectivity index (χ0v) is 10.3. The van der Waals surface area contributed by atoms with E-state index in [2.05, 4.69) is 0 Å². The van der Waals surface area contributed by atoms with Crippen LogP contribution in [0.2, 0.25) is 0 Å². The van der Waals surface area contributed by atoms with Gasteiger partial charge in [-0.1, -0.05) is 0 Å². The summed E-state index contributed by atoms with van der Waals surface area (Å²) in [7, 11) is 0. The molecular weight excluding hydrogens is 324 g/mol. The van der Waals surface area contributed by atoms with Crippen LogP contribution in [-0.2, 0) is 0 Å². The Hall–Kier alpha value is -2.53. The molecule has 12 heteroatoms. The van der Waals surface area contributed by atoms with Gasteiger partial charge in [-0.25, -0.2) is 4.79 Å². The molecule has 1 aromatic rings. The molecule has 0 aliphatic heterocycles. The van der Waals surface area contributed by atoms with Crippen molar-refractivity contribution in [1.82, 2.24) is 5.32 Å². The van der Waals surface area contributed by atoms with Gasteiger partial charge in [0.15, 0.2) is 0 Å². The maximum absolute atomic E-state index is 12.2. The molecule has 0 saturated carbocycles. The molecule has 6 nitrogen and oxygen atoms in total. The van der Waals surface area contributed by atoms with E-state index in [-0.39, 0.29) is 11.4 Å². The number of nitrogens with zero attached hydrogens (tertiary/aromatic N) is 1. The molecule has 0 saturated heterocycles. The first kappa shape index (κ1) is 17.5. The summed E-state index contributed by atoms with van der Waals surface area (Å²) in [5.41, 5.74) is -0.583. The minimum Gasteiger partial charge on any atom is -0.318 e. The van der Waals surface area contributed by atoms with Crippen LogP contribution in [0.15, 0.2) is 24.3 Å². The van der Waals surface area contributed by atoms with E-state index in [1.807, 2.05) is 0 Å². The van der Waals surface area contributed by atoms with Crippen LogP contribution in [0.25, 0.3) is 0 Å². The Balaban J connectivity index is 2.78. The molecule has 22 heavy (non-hydrogen) atoms. The summed E-state index contributed by atoms with van der Waals surface area (Å²) in [5, 5.41) is 12.8. The number of nitro groups is 1. The van der Waals surface area contributed by atoms with Gasteiger partial charge >= 0.3 is 18.4 Å². The van der Waals surface area contributed by atoms with Crippen LogP contribution in [0.1, 0.15) is 0 Å². The average Bonchev–Trinajstić information content (AvgIpc) is 2.34. The van der Waals surface area contributed by atoms with Crippen LogP contribution in [0.4, 0.5) is 42.5 Å². The van der Waals surface area contributed by atoms with Crippen molar-refractivity contribution in [2.45, 2.75) is 18.4 Å². The predicted molar refractivity (Wildman–Crippen MR) is 61.1 cm³/mol. The third kappa shape index (κ3) is 4.79. The predicted octanol–water partition coefficient (Wildman–Crippen LogP) is 3.21. The van der Waals surface area contributed by atoms with E-state index in [1.54, 1.807) is 5.32 Å². The molecule has 0 aliphatic carbocycles. The van der Waals surface area contributed by atoms with E-state index < -0.39 is 29.3 Å². The van der Waals surface area contributed by atoms with Gasteiger partial charge < -0.3 is 10.6 Å². The number of hydrogen-bond acceptors (Lipinski definition) is 3. The number of urea groups is 1. The first-order valence-electron chi connectivity index (χ1n) is 5.36. The second-order valence-corrected chi connectivity index (χ2v) is 3.92. The van der Waals surface area contributed by atoms with Crippen molar-refractivity contribution in [2.24, 2.45) is 0 Å². The highest BCUT2D eigenvalue weighted by Crippen LogP contribution is 2.33. The number of carbonyl (C=O) groups excluding carboxylic acids is 1. The molecule has 0 aliphatic rings. The molecule has 1 rings (SSSR count). The van der Waals surface area contributed by atoms with E-state index >= 15 is 0 Å². The third-order valence-corrected chi connectivity index (χ3v) is 2.27. The van der Waals surface area contributed by atoms with Crippen molar-refractivity contribution >= 4 is 17.4 Å². The van der Waals surface area contributed by atoms with Gasteiger partial charge in [0.25, 0.3) is 5.69 Å². The fourth-order valence-electron chi connectivity index (χ4n) is 1.31. The Labute approximate surface area is 118 Å². The second kappa shape index (κ2) is 6.07. The molecule has 0 radical (unpaired) electrons. The first-order valence-corrected chi connectivity index (χ1v) is 5.36. The van der Waals surface area contributed by atoms with E-state index in [0.29, 0.717) is 0 Å². The maximum Gasteiger partial charge on any atom is 0.417 e. The summed E-state index contributed by atoms with van der Waals surface area (Å²) in [5.74, 6) is 0. The van der Waals surface area contributed by atoms with Crippen LogP contribution >= 0.6 is 0 Å². The smallest absolute Gasteiger partial charge is 0.318 e. The highest BCUT2D eigenvalue weighted by atomic mass is 19.4. The molecule has 0 aromatic heterocycles. The molecule has 1 aromatic carbocycles. The van der Waals surface area contributed by atoms with Crippen LogP contribution in [0, 0.1) is 10.1 Å². The molecule has 2 N–H and O–H groups in total. The Morgan fingerprint density at radius 2 is 1.50 bits per heavy atom. The molecule has 0 fully saturated rings. The lowest BCUT2D eigenvalue weighted by Gasteiger charge is -2.23. The minimum atomic E-state index is -5.72. The Morgan fingerprint density at radius 3 is 1.86 bits per heavy atom. The number of hydrogen-bond donors (Lipinski definition) is 2. The number of amides is 2. The number of halogens is 6. The largest absolute Gasteiger partial charge is 0.417 e. The second-order valence-electron chi connectivity index (χ2n) is 3.92. The topological polar surface area (TPSA) is 84.3 Å². The van der Waals surface area contributed by atoms with Crippen molar-refractivity contribution in [3.05, 3.63) is 34.4 Å². The number of alkyl halides is 6. The van der Waals surface area contributed by atoms with E-state index in [0.717, 1.165) is 29.6 Å². The van der Waals surface area contributed by atoms with Gasteiger partial charge in [-0.05, 0) is 12.1 Å². The Kier molecular flexibility index (Phi) is 4.84. The van der Waals surface area contributed by atoms with Gasteiger partial charge in [-0.3, -0.25) is 10.1 Å². The van der Waals surface area contributed by atoms with E-state index in [9.17, 15) is 41.3 Å². The first-order chi connectivity index (χ1) is 9.91. The van der Waals surface area contributed by atoms with Crippen molar-refractivity contribution in [3.63, 3.8) is 0 Å². The molecule has 2 amide bonds. The van der Waals surface area contributed by atoms with Crippen molar-refractivity contribution in [3.8, 4) is 0 Å². The number of nitro benzene ring substituents is 1. The van der Waals surface area contributed by atoms with Crippen LogP contribution in [-0.4, -0.2) is 29.3 Å². The zero-order valence-electron chi connectivity index (χ0n) is 10.3. The number of rotatable bonds is 3. The molecule has 0 heterocycles. The van der Waals surface area contributed by atoms with Gasteiger partial charge in [0, 0.05) is 17.8 Å². The monoisotopic (exact) mass is 331 g/mol. The summed E-state index contributed by atoms with van der Waals surface area (Å²) < 4.78 is 73.3. The third-order valence-electron chi connectivity index (χ3n) is 2.27. The molecular formula is C10H7F6N3O3. The molecule has 0 unspecified atom stereocenters. The van der Waals surface area contributed by atoms with Crippen LogP contribution in [0.5, 0.6) is 0 Å². The highest BCUT2D eigenvalue weighted by Gasteiger charge is 2.57. The Bertz CT molecular complexity index is 541. The van der Waals surface area contributed by atoms with Gasteiger partial charge in [0.1, 0.15) is 0 Å². The number of carbonyl (C=O) groups is 1. The highest BCUT2D eigenvalue weighted by molar-refractivity contribution is 5.89. The van der Waals surface area contributed by atoms with Crippen LogP contribution in [0.3, 0.4) is 0 Å². The van der Waals surface area contributed by atoms with Gasteiger partial charge in [-0.15, -0.1) is 0 Å². The lowest BCUT2D eigenvalue weighted by atomic mass is 10.2. The Morgan fingerprint density at radius 1 is 1.05 bits per heavy atom. The van der Waals surface area contributed by atoms with Gasteiger partial charge in [0.2, 0.25) is 6.04 Å². The quantitative estimate of drug-likeness (QED) is 0.507. The summed E-state index contributed by atoms with van der Waals surface area (Å²) in [6.07, 6.45) is -11.4. The lowest BCUT2D eigenvalue weighted by molar-refractivity contribution is -0.384. The number of non-ortho nitro benzene ring substituents is 1. The summed E-state index contributed by atoms with van der Waals surface area (Å²) in [4.78, 5) is 20.8. The normalized spacial score (nSPS) is 12.1. The van der Waals surface area contributed by atoms with Crippen molar-refractivity contribution in [2.75, 3.05) is 5.32 Å². The van der Waals surface area contributed by atoms with Gasteiger partial charge in [-0.2, -0.15) is 26.3 Å². The fraction of sp³-hybridized carbons (Fsp3) is 0.300. The van der Waals surface area contributed by atoms with Crippen LogP contribution < -0.4 is 10.6 Å². The number of nitrogens with one attached hydrogen (secondary N) is 2. The SMILES string of the molecule is O=C(Nc1ccc([N+](=O)[O-])cc1)NC(C(F)(F)F)C(F)(F)F. The standard InChI is InChI=1S/C10H7F6N3O3/c11-9(12,13)7(10(14,15)16)18-8(20)17-5-1-3-6(4-2-5)19(21)22/h1-4,7H,(H2,17,18,20). The molecule has 0 bridgehead atoms. The van der Waals surface area contributed by atoms with Gasteiger partial charge in [0.05, 0.1) is 4.92 Å². The van der Waals surface area contributed by atoms with Crippen molar-refractivity contribution in [1.29, 1.82) is 0 Å². The zero-order chi connectivity index (χ0) is 17.1. The number of anilines is 1. The summed E-state index contributed by atoms with van der Waals surface area (Å²) in [6.45, 7) is 0. The van der Waals surface area contributed by atoms with Crippen molar-refractivity contribution < 1.29 is 36.1 Å². The molecule has 0 atom stereocenters.